The number of allylic oxidation sites excluding steroid dienone is 1. The molecule has 0 bridgehead atoms. The van der Waals surface area contributed by atoms with Gasteiger partial charge in [-0.1, -0.05) is 0 Å². The molecule has 1 aromatic carbocycles. The van der Waals surface area contributed by atoms with Gasteiger partial charge in [0.05, 0.1) is 11.0 Å². The molecule has 8 nitrogen and oxygen atoms in total. The average Bonchev–Trinajstić information content (AvgIpc) is 2.37. The molecule has 1 aliphatic rings. The number of nitro groups is 1. The molecule has 0 aliphatic carbocycles. The number of imide groups is 1. The lowest BCUT2D eigenvalue weighted by atomic mass is 10.0. The van der Waals surface area contributed by atoms with E-state index in [1.807, 2.05) is 0 Å². The lowest BCUT2D eigenvalue weighted by molar-refractivity contribution is -0.384. The van der Waals surface area contributed by atoms with E-state index in [1.54, 1.807) is 13.0 Å². The highest BCUT2D eigenvalue weighted by Gasteiger charge is 2.33. The predicted molar refractivity (Wildman–Crippen MR) is 68.0 cm³/mol. The summed E-state index contributed by atoms with van der Waals surface area (Å²) < 4.78 is 0. The van der Waals surface area contributed by atoms with Crippen molar-refractivity contribution in [1.82, 2.24) is 10.2 Å². The third-order valence-corrected chi connectivity index (χ3v) is 2.86. The van der Waals surface area contributed by atoms with Gasteiger partial charge >= 0.3 is 12.1 Å². The second kappa shape index (κ2) is 5.00. The van der Waals surface area contributed by atoms with Crippen molar-refractivity contribution in [3.8, 4) is 0 Å². The first-order valence-corrected chi connectivity index (χ1v) is 5.66. The van der Waals surface area contributed by atoms with Crippen LogP contribution in [0, 0.1) is 10.1 Å². The zero-order valence-electron chi connectivity index (χ0n) is 10.4. The van der Waals surface area contributed by atoms with Crippen molar-refractivity contribution in [2.24, 2.45) is 0 Å². The quantitative estimate of drug-likeness (QED) is 0.635. The fourth-order valence-electron chi connectivity index (χ4n) is 1.95. The van der Waals surface area contributed by atoms with E-state index in [4.69, 9.17) is 5.11 Å². The summed E-state index contributed by atoms with van der Waals surface area (Å²) >= 11 is 0. The van der Waals surface area contributed by atoms with Gasteiger partial charge in [-0.25, -0.2) is 14.5 Å². The van der Waals surface area contributed by atoms with Crippen molar-refractivity contribution in [3.63, 3.8) is 0 Å². The summed E-state index contributed by atoms with van der Waals surface area (Å²) in [7, 11) is 0. The molecule has 20 heavy (non-hydrogen) atoms. The molecule has 0 saturated carbocycles. The predicted octanol–water partition coefficient (Wildman–Crippen LogP) is 2.24. The van der Waals surface area contributed by atoms with E-state index in [0.29, 0.717) is 16.2 Å². The minimum atomic E-state index is -1.39. The molecule has 0 aromatic heterocycles. The second-order valence-corrected chi connectivity index (χ2v) is 4.23. The summed E-state index contributed by atoms with van der Waals surface area (Å²) in [6.07, 6.45) is 0.172. The Morgan fingerprint density at radius 3 is 2.50 bits per heavy atom. The summed E-state index contributed by atoms with van der Waals surface area (Å²) in [6, 6.07) is 3.85. The summed E-state index contributed by atoms with van der Waals surface area (Å²) in [5.41, 5.74) is 0.902. The van der Waals surface area contributed by atoms with Crippen LogP contribution < -0.4 is 5.32 Å². The monoisotopic (exact) mass is 277 g/mol. The van der Waals surface area contributed by atoms with Crippen molar-refractivity contribution in [1.29, 1.82) is 0 Å². The van der Waals surface area contributed by atoms with Crippen molar-refractivity contribution < 1.29 is 19.6 Å². The molecule has 1 heterocycles. The molecule has 3 amide bonds. The number of nitrogens with one attached hydrogen (secondary N) is 1. The van der Waals surface area contributed by atoms with Crippen LogP contribution in [0.5, 0.6) is 0 Å². The SMILES string of the molecule is CC1=CC(c2ccc([N+](=O)[O-])cc2)N(C(=O)O)C(=O)N1. The Hall–Kier alpha value is -2.90. The number of carbonyl (C=O) groups excluding carboxylic acids is 1. The van der Waals surface area contributed by atoms with Gasteiger partial charge in [-0.15, -0.1) is 0 Å². The number of nitro benzene ring substituents is 1. The van der Waals surface area contributed by atoms with Crippen molar-refractivity contribution in [3.05, 3.63) is 51.7 Å². The maximum atomic E-state index is 11.7. The maximum Gasteiger partial charge on any atom is 0.416 e. The first-order valence-electron chi connectivity index (χ1n) is 5.66. The molecular weight excluding hydrogens is 266 g/mol. The van der Waals surface area contributed by atoms with Crippen molar-refractivity contribution in [2.75, 3.05) is 0 Å². The van der Waals surface area contributed by atoms with Crippen LogP contribution >= 0.6 is 0 Å². The molecule has 1 aromatic rings. The van der Waals surface area contributed by atoms with Gasteiger partial charge in [0.1, 0.15) is 0 Å². The topological polar surface area (TPSA) is 113 Å². The molecule has 8 heteroatoms. The lowest BCUT2D eigenvalue weighted by Crippen LogP contribution is -2.47. The number of nitrogens with zero attached hydrogens (tertiary/aromatic N) is 2. The van der Waals surface area contributed by atoms with Gasteiger partial charge in [-0.05, 0) is 30.7 Å². The van der Waals surface area contributed by atoms with Gasteiger partial charge in [-0.2, -0.15) is 0 Å². The molecule has 2 N–H and O–H groups in total. The Kier molecular flexibility index (Phi) is 3.38. The number of benzene rings is 1. The second-order valence-electron chi connectivity index (χ2n) is 4.23. The minimum absolute atomic E-state index is 0.100. The van der Waals surface area contributed by atoms with Gasteiger partial charge in [0, 0.05) is 17.8 Å². The van der Waals surface area contributed by atoms with Crippen LogP contribution in [0.2, 0.25) is 0 Å². The largest absolute Gasteiger partial charge is 0.465 e. The fraction of sp³-hybridized carbons (Fsp3) is 0.167. The van der Waals surface area contributed by atoms with E-state index in [0.717, 1.165) is 0 Å². The summed E-state index contributed by atoms with van der Waals surface area (Å²) in [4.78, 5) is 33.5. The first kappa shape index (κ1) is 13.5. The normalized spacial score (nSPS) is 18.2. The van der Waals surface area contributed by atoms with Crippen LogP contribution in [0.1, 0.15) is 18.5 Å². The number of hydrogen-bond acceptors (Lipinski definition) is 4. The standard InChI is InChI=1S/C12H11N3O5/c1-7-6-10(14(12(17)18)11(16)13-7)8-2-4-9(5-3-8)15(19)20/h2-6,10H,1H3,(H,13,16)(H,17,18). The first-order chi connectivity index (χ1) is 9.40. The third kappa shape index (κ3) is 2.44. The molecule has 1 unspecified atom stereocenters. The molecule has 0 saturated heterocycles. The third-order valence-electron chi connectivity index (χ3n) is 2.86. The van der Waals surface area contributed by atoms with Gasteiger partial charge in [0.2, 0.25) is 0 Å². The summed E-state index contributed by atoms with van der Waals surface area (Å²) in [6.45, 7) is 1.63. The number of rotatable bonds is 2. The molecular formula is C12H11N3O5. The Labute approximate surface area is 113 Å². The maximum absolute atomic E-state index is 11.7. The number of amides is 3. The number of carbonyl (C=O) groups is 2. The van der Waals surface area contributed by atoms with Gasteiger partial charge < -0.3 is 10.4 Å². The van der Waals surface area contributed by atoms with E-state index >= 15 is 0 Å². The van der Waals surface area contributed by atoms with Crippen LogP contribution in [0.3, 0.4) is 0 Å². The van der Waals surface area contributed by atoms with E-state index in [1.165, 1.54) is 24.3 Å². The minimum Gasteiger partial charge on any atom is -0.465 e. The number of hydrogen-bond donors (Lipinski definition) is 2. The number of non-ortho nitro benzene ring substituents is 1. The number of urea groups is 1. The van der Waals surface area contributed by atoms with Crippen molar-refractivity contribution >= 4 is 17.8 Å². The Balaban J connectivity index is 2.41. The summed E-state index contributed by atoms with van der Waals surface area (Å²) in [5.74, 6) is 0. The molecule has 1 aliphatic heterocycles. The van der Waals surface area contributed by atoms with E-state index in [2.05, 4.69) is 5.32 Å². The van der Waals surface area contributed by atoms with Crippen LogP contribution in [-0.2, 0) is 0 Å². The van der Waals surface area contributed by atoms with Crippen molar-refractivity contribution in [2.45, 2.75) is 13.0 Å². The van der Waals surface area contributed by atoms with Crippen LogP contribution in [0.4, 0.5) is 15.3 Å². The van der Waals surface area contributed by atoms with E-state index in [-0.39, 0.29) is 5.69 Å². The highest BCUT2D eigenvalue weighted by molar-refractivity contribution is 5.92. The summed E-state index contributed by atoms with van der Waals surface area (Å²) in [5, 5.41) is 22.1. The number of carboxylic acid groups (broad SMARTS) is 1. The van der Waals surface area contributed by atoms with Gasteiger partial charge in [-0.3, -0.25) is 10.1 Å². The Morgan fingerprint density at radius 2 is 2.00 bits per heavy atom. The van der Waals surface area contributed by atoms with Crippen LogP contribution in [-0.4, -0.2) is 27.1 Å². The highest BCUT2D eigenvalue weighted by atomic mass is 16.6. The molecule has 0 radical (unpaired) electrons. The molecule has 104 valence electrons. The fourth-order valence-corrected chi connectivity index (χ4v) is 1.95. The zero-order valence-corrected chi connectivity index (χ0v) is 10.4. The highest BCUT2D eigenvalue weighted by Crippen LogP contribution is 2.28. The molecule has 1 atom stereocenters. The van der Waals surface area contributed by atoms with Crippen LogP contribution in [0.25, 0.3) is 0 Å². The Bertz CT molecular complexity index is 608. The van der Waals surface area contributed by atoms with E-state index in [9.17, 15) is 19.7 Å². The zero-order chi connectivity index (χ0) is 14.9. The van der Waals surface area contributed by atoms with Gasteiger partial charge in [0.25, 0.3) is 5.69 Å². The smallest absolute Gasteiger partial charge is 0.416 e. The molecule has 0 fully saturated rings. The lowest BCUT2D eigenvalue weighted by Gasteiger charge is -2.30. The average molecular weight is 277 g/mol. The Morgan fingerprint density at radius 1 is 1.40 bits per heavy atom. The van der Waals surface area contributed by atoms with E-state index < -0.39 is 23.1 Å². The van der Waals surface area contributed by atoms with Gasteiger partial charge in [0.15, 0.2) is 0 Å². The molecule has 0 spiro atoms. The molecule has 2 rings (SSSR count). The van der Waals surface area contributed by atoms with Crippen LogP contribution in [0.15, 0.2) is 36.0 Å².